The molecule has 118 valence electrons. The van der Waals surface area contributed by atoms with Crippen LogP contribution in [0.25, 0.3) is 16.9 Å². The van der Waals surface area contributed by atoms with E-state index in [9.17, 15) is 4.79 Å². The highest BCUT2D eigenvalue weighted by Gasteiger charge is 2.11. The number of carbonyl (C=O) groups excluding carboxylic acids is 1. The molecule has 0 aliphatic heterocycles. The molecule has 0 amide bonds. The van der Waals surface area contributed by atoms with Gasteiger partial charge in [0.15, 0.2) is 0 Å². The zero-order chi connectivity index (χ0) is 16.2. The topological polar surface area (TPSA) is 66.2 Å². The number of hydrogen-bond acceptors (Lipinski definition) is 5. The number of imidazole rings is 1. The van der Waals surface area contributed by atoms with E-state index in [1.54, 1.807) is 25.6 Å². The van der Waals surface area contributed by atoms with Gasteiger partial charge in [0.25, 0.3) is 0 Å². The van der Waals surface area contributed by atoms with E-state index in [1.165, 1.54) is 6.20 Å². The molecule has 0 bridgehead atoms. The monoisotopic (exact) mass is 311 g/mol. The molecule has 0 unspecified atom stereocenters. The van der Waals surface area contributed by atoms with E-state index < -0.39 is 5.97 Å². The van der Waals surface area contributed by atoms with Gasteiger partial charge in [0.1, 0.15) is 18.8 Å². The van der Waals surface area contributed by atoms with Crippen LogP contribution in [0.2, 0.25) is 0 Å². The highest BCUT2D eigenvalue weighted by molar-refractivity contribution is 5.89. The summed E-state index contributed by atoms with van der Waals surface area (Å²) >= 11 is 0. The van der Waals surface area contributed by atoms with E-state index in [-0.39, 0.29) is 12.7 Å². The minimum Gasteiger partial charge on any atom is -0.459 e. The molecule has 6 nitrogen and oxygen atoms in total. The minimum absolute atomic E-state index is 0.136. The van der Waals surface area contributed by atoms with Gasteiger partial charge in [-0.1, -0.05) is 12.1 Å². The standard InChI is InChI=1S/C17H17N3O3/c1-12(22-2)10-23-17(21)13-7-8-16(18-9-13)20-11-19-14-5-3-4-6-15(14)20/h3-9,11-12H,10H2,1-2H3/t12-/m0/s1. The second-order valence-electron chi connectivity index (χ2n) is 5.15. The predicted octanol–water partition coefficient (Wildman–Crippen LogP) is 2.61. The number of fused-ring (bicyclic) bond motifs is 1. The summed E-state index contributed by atoms with van der Waals surface area (Å²) in [5.41, 5.74) is 2.26. The molecule has 0 aliphatic rings. The first-order valence-electron chi connectivity index (χ1n) is 7.27. The fourth-order valence-corrected chi connectivity index (χ4v) is 2.14. The van der Waals surface area contributed by atoms with Crippen molar-refractivity contribution in [2.45, 2.75) is 13.0 Å². The SMILES string of the molecule is CO[C@@H](C)COC(=O)c1ccc(-n2cnc3ccccc32)nc1. The molecule has 2 aromatic heterocycles. The summed E-state index contributed by atoms with van der Waals surface area (Å²) in [6.45, 7) is 2.04. The van der Waals surface area contributed by atoms with Gasteiger partial charge in [-0.2, -0.15) is 0 Å². The molecule has 3 rings (SSSR count). The Morgan fingerprint density at radius 3 is 2.78 bits per heavy atom. The van der Waals surface area contributed by atoms with Crippen molar-refractivity contribution in [1.29, 1.82) is 0 Å². The molecule has 0 fully saturated rings. The van der Waals surface area contributed by atoms with Gasteiger partial charge in [-0.05, 0) is 31.2 Å². The van der Waals surface area contributed by atoms with Crippen LogP contribution < -0.4 is 0 Å². The number of rotatable bonds is 5. The van der Waals surface area contributed by atoms with Crippen molar-refractivity contribution in [2.75, 3.05) is 13.7 Å². The number of ether oxygens (including phenoxy) is 2. The number of para-hydroxylation sites is 2. The highest BCUT2D eigenvalue weighted by atomic mass is 16.6. The number of pyridine rings is 1. The fourth-order valence-electron chi connectivity index (χ4n) is 2.14. The van der Waals surface area contributed by atoms with Gasteiger partial charge in [-0.15, -0.1) is 0 Å². The first-order chi connectivity index (χ1) is 11.2. The number of esters is 1. The van der Waals surface area contributed by atoms with E-state index in [0.29, 0.717) is 11.4 Å². The van der Waals surface area contributed by atoms with Gasteiger partial charge in [0, 0.05) is 13.3 Å². The molecule has 0 saturated carbocycles. The molecule has 23 heavy (non-hydrogen) atoms. The number of aromatic nitrogens is 3. The summed E-state index contributed by atoms with van der Waals surface area (Å²) in [5.74, 6) is 0.281. The Bertz CT molecular complexity index is 811. The van der Waals surface area contributed by atoms with E-state index in [4.69, 9.17) is 9.47 Å². The van der Waals surface area contributed by atoms with Crippen LogP contribution in [-0.2, 0) is 9.47 Å². The summed E-state index contributed by atoms with van der Waals surface area (Å²) in [6.07, 6.45) is 3.08. The van der Waals surface area contributed by atoms with Crippen LogP contribution in [0.3, 0.4) is 0 Å². The van der Waals surface area contributed by atoms with Gasteiger partial charge >= 0.3 is 5.97 Å². The predicted molar refractivity (Wildman–Crippen MR) is 85.6 cm³/mol. The first-order valence-corrected chi connectivity index (χ1v) is 7.27. The zero-order valence-corrected chi connectivity index (χ0v) is 13.0. The lowest BCUT2D eigenvalue weighted by Crippen LogP contribution is -2.17. The zero-order valence-electron chi connectivity index (χ0n) is 13.0. The third kappa shape index (κ3) is 3.22. The molecule has 6 heteroatoms. The van der Waals surface area contributed by atoms with Crippen LogP contribution in [-0.4, -0.2) is 40.3 Å². The third-order valence-electron chi connectivity index (χ3n) is 3.54. The molecule has 0 aliphatic carbocycles. The Morgan fingerprint density at radius 2 is 2.04 bits per heavy atom. The Labute approximate surface area is 133 Å². The third-order valence-corrected chi connectivity index (χ3v) is 3.54. The smallest absolute Gasteiger partial charge is 0.339 e. The number of hydrogen-bond donors (Lipinski definition) is 0. The Kier molecular flexibility index (Phi) is 4.34. The van der Waals surface area contributed by atoms with E-state index in [2.05, 4.69) is 9.97 Å². The fraction of sp³-hybridized carbons (Fsp3) is 0.235. The lowest BCUT2D eigenvalue weighted by Gasteiger charge is -2.10. The molecule has 0 radical (unpaired) electrons. The number of carbonyl (C=O) groups is 1. The molecule has 1 aromatic carbocycles. The summed E-state index contributed by atoms with van der Waals surface area (Å²) in [7, 11) is 1.57. The van der Waals surface area contributed by atoms with Crippen molar-refractivity contribution >= 4 is 17.0 Å². The first kappa shape index (κ1) is 15.2. The lowest BCUT2D eigenvalue weighted by molar-refractivity contribution is 0.0169. The second kappa shape index (κ2) is 6.58. The minimum atomic E-state index is -0.413. The maximum Gasteiger partial charge on any atom is 0.339 e. The molecule has 2 heterocycles. The molecule has 3 aromatic rings. The van der Waals surface area contributed by atoms with Crippen molar-refractivity contribution in [3.8, 4) is 5.82 Å². The largest absolute Gasteiger partial charge is 0.459 e. The molecule has 0 N–H and O–H groups in total. The van der Waals surface area contributed by atoms with Gasteiger partial charge in [-0.3, -0.25) is 4.57 Å². The lowest BCUT2D eigenvalue weighted by atomic mass is 10.3. The van der Waals surface area contributed by atoms with Crippen molar-refractivity contribution in [1.82, 2.24) is 14.5 Å². The molecule has 0 spiro atoms. The average Bonchev–Trinajstić information content (AvgIpc) is 3.03. The Balaban J connectivity index is 1.78. The van der Waals surface area contributed by atoms with Crippen LogP contribution >= 0.6 is 0 Å². The summed E-state index contributed by atoms with van der Waals surface area (Å²) in [6, 6.07) is 11.3. The van der Waals surface area contributed by atoms with Gasteiger partial charge in [0.2, 0.25) is 0 Å². The Morgan fingerprint density at radius 1 is 1.22 bits per heavy atom. The summed E-state index contributed by atoms with van der Waals surface area (Å²) in [4.78, 5) is 20.6. The van der Waals surface area contributed by atoms with Gasteiger partial charge in [0.05, 0.1) is 22.7 Å². The molecular formula is C17H17N3O3. The van der Waals surface area contributed by atoms with Crippen molar-refractivity contribution in [2.24, 2.45) is 0 Å². The van der Waals surface area contributed by atoms with Crippen LogP contribution in [0.15, 0.2) is 48.9 Å². The van der Waals surface area contributed by atoms with Crippen LogP contribution in [0.1, 0.15) is 17.3 Å². The maximum atomic E-state index is 11.9. The molecule has 0 saturated heterocycles. The normalized spacial score (nSPS) is 12.3. The van der Waals surface area contributed by atoms with Gasteiger partial charge < -0.3 is 9.47 Å². The van der Waals surface area contributed by atoms with Crippen molar-refractivity contribution in [3.05, 3.63) is 54.5 Å². The highest BCUT2D eigenvalue weighted by Crippen LogP contribution is 2.16. The van der Waals surface area contributed by atoms with Crippen molar-refractivity contribution < 1.29 is 14.3 Å². The number of benzene rings is 1. The van der Waals surface area contributed by atoms with E-state index in [1.807, 2.05) is 35.8 Å². The Hall–Kier alpha value is -2.73. The average molecular weight is 311 g/mol. The number of nitrogens with zero attached hydrogens (tertiary/aromatic N) is 3. The maximum absolute atomic E-state index is 11.9. The van der Waals surface area contributed by atoms with Crippen molar-refractivity contribution in [3.63, 3.8) is 0 Å². The van der Waals surface area contributed by atoms with Gasteiger partial charge in [-0.25, -0.2) is 14.8 Å². The van der Waals surface area contributed by atoms with Crippen LogP contribution in [0.4, 0.5) is 0 Å². The number of methoxy groups -OCH3 is 1. The van der Waals surface area contributed by atoms with Crippen LogP contribution in [0, 0.1) is 0 Å². The quantitative estimate of drug-likeness (QED) is 0.678. The summed E-state index contributed by atoms with van der Waals surface area (Å²) in [5, 5.41) is 0. The molecule has 1 atom stereocenters. The van der Waals surface area contributed by atoms with E-state index in [0.717, 1.165) is 11.0 Å². The van der Waals surface area contributed by atoms with Crippen LogP contribution in [0.5, 0.6) is 0 Å². The summed E-state index contributed by atoms with van der Waals surface area (Å²) < 4.78 is 12.1. The van der Waals surface area contributed by atoms with E-state index >= 15 is 0 Å². The molecular weight excluding hydrogens is 294 g/mol. The second-order valence-corrected chi connectivity index (χ2v) is 5.15.